The Morgan fingerprint density at radius 2 is 2.19 bits per heavy atom. The van der Waals surface area contributed by atoms with Crippen LogP contribution in [-0.4, -0.2) is 36.2 Å². The van der Waals surface area contributed by atoms with Crippen LogP contribution in [0, 0.1) is 0 Å². The predicted octanol–water partition coefficient (Wildman–Crippen LogP) is 1.87. The number of hydrogen-bond donors (Lipinski definition) is 1. The lowest BCUT2D eigenvalue weighted by Gasteiger charge is -2.32. The van der Waals surface area contributed by atoms with E-state index in [-0.39, 0.29) is 6.09 Å². The van der Waals surface area contributed by atoms with Crippen LogP contribution in [0.2, 0.25) is 0 Å². The zero-order valence-corrected chi connectivity index (χ0v) is 9.92. The van der Waals surface area contributed by atoms with Crippen molar-refractivity contribution in [1.82, 2.24) is 10.2 Å². The standard InChI is InChI=1S/C12H20N2O2/c1-3-4-9-14-10(2)12(16-11(14)15)5-7-13-8-6-12/h13H,2-9H2,1H3. The predicted molar refractivity (Wildman–Crippen MR) is 62.1 cm³/mol. The highest BCUT2D eigenvalue weighted by molar-refractivity contribution is 5.74. The van der Waals surface area contributed by atoms with E-state index in [0.29, 0.717) is 0 Å². The molecule has 2 rings (SSSR count). The minimum absolute atomic E-state index is 0.208. The average Bonchev–Trinajstić information content (AvgIpc) is 2.50. The molecule has 1 amide bonds. The van der Waals surface area contributed by atoms with Gasteiger partial charge in [0.2, 0.25) is 0 Å². The molecule has 0 aromatic rings. The smallest absolute Gasteiger partial charge is 0.415 e. The number of carbonyl (C=O) groups excluding carboxylic acids is 1. The first kappa shape index (κ1) is 11.5. The van der Waals surface area contributed by atoms with E-state index in [1.54, 1.807) is 4.90 Å². The van der Waals surface area contributed by atoms with Gasteiger partial charge in [-0.2, -0.15) is 0 Å². The molecule has 0 bridgehead atoms. The fourth-order valence-corrected chi connectivity index (χ4v) is 2.40. The highest BCUT2D eigenvalue weighted by Gasteiger charge is 2.48. The van der Waals surface area contributed by atoms with Crippen LogP contribution in [0.5, 0.6) is 0 Å². The van der Waals surface area contributed by atoms with Crippen LogP contribution < -0.4 is 5.32 Å². The van der Waals surface area contributed by atoms with Crippen molar-refractivity contribution >= 4 is 6.09 Å². The third kappa shape index (κ3) is 1.82. The van der Waals surface area contributed by atoms with Crippen molar-refractivity contribution in [2.45, 2.75) is 38.2 Å². The molecular formula is C12H20N2O2. The average molecular weight is 224 g/mol. The minimum atomic E-state index is -0.407. The van der Waals surface area contributed by atoms with Crippen molar-refractivity contribution in [3.63, 3.8) is 0 Å². The van der Waals surface area contributed by atoms with Crippen molar-refractivity contribution in [2.24, 2.45) is 0 Å². The lowest BCUT2D eigenvalue weighted by molar-refractivity contribution is 0.0454. The zero-order valence-electron chi connectivity index (χ0n) is 9.92. The van der Waals surface area contributed by atoms with E-state index in [2.05, 4.69) is 18.8 Å². The van der Waals surface area contributed by atoms with Gasteiger partial charge in [-0.05, 0) is 19.5 Å². The van der Waals surface area contributed by atoms with Crippen molar-refractivity contribution in [3.05, 3.63) is 12.3 Å². The van der Waals surface area contributed by atoms with Gasteiger partial charge in [0.15, 0.2) is 5.60 Å². The summed E-state index contributed by atoms with van der Waals surface area (Å²) >= 11 is 0. The van der Waals surface area contributed by atoms with E-state index in [9.17, 15) is 4.79 Å². The van der Waals surface area contributed by atoms with Crippen LogP contribution in [-0.2, 0) is 4.74 Å². The van der Waals surface area contributed by atoms with Crippen molar-refractivity contribution in [1.29, 1.82) is 0 Å². The van der Waals surface area contributed by atoms with E-state index < -0.39 is 5.60 Å². The number of rotatable bonds is 3. The van der Waals surface area contributed by atoms with Crippen LogP contribution in [0.1, 0.15) is 32.6 Å². The van der Waals surface area contributed by atoms with Crippen LogP contribution in [0.4, 0.5) is 4.79 Å². The van der Waals surface area contributed by atoms with Gasteiger partial charge >= 0.3 is 6.09 Å². The normalized spacial score (nSPS) is 23.9. The molecular weight excluding hydrogens is 204 g/mol. The maximum Gasteiger partial charge on any atom is 0.415 e. The summed E-state index contributed by atoms with van der Waals surface area (Å²) < 4.78 is 5.56. The van der Waals surface area contributed by atoms with E-state index >= 15 is 0 Å². The molecule has 1 spiro atoms. The number of hydrogen-bond acceptors (Lipinski definition) is 3. The first-order chi connectivity index (χ1) is 7.69. The van der Waals surface area contributed by atoms with E-state index in [1.165, 1.54) is 0 Å². The molecule has 4 heteroatoms. The molecule has 2 heterocycles. The third-order valence-corrected chi connectivity index (χ3v) is 3.50. The summed E-state index contributed by atoms with van der Waals surface area (Å²) in [6.45, 7) is 8.72. The van der Waals surface area contributed by atoms with Gasteiger partial charge in [-0.3, -0.25) is 4.90 Å². The van der Waals surface area contributed by atoms with E-state index in [1.807, 2.05) is 0 Å². The van der Waals surface area contributed by atoms with E-state index in [0.717, 1.165) is 51.0 Å². The summed E-state index contributed by atoms with van der Waals surface area (Å²) in [6, 6.07) is 0. The molecule has 16 heavy (non-hydrogen) atoms. The molecule has 2 aliphatic heterocycles. The number of nitrogens with zero attached hydrogens (tertiary/aromatic N) is 1. The topological polar surface area (TPSA) is 41.6 Å². The van der Waals surface area contributed by atoms with Crippen LogP contribution >= 0.6 is 0 Å². The molecule has 0 radical (unpaired) electrons. The van der Waals surface area contributed by atoms with Gasteiger partial charge in [-0.1, -0.05) is 19.9 Å². The molecule has 0 atom stereocenters. The fourth-order valence-electron chi connectivity index (χ4n) is 2.40. The Kier molecular flexibility index (Phi) is 3.19. The monoisotopic (exact) mass is 224 g/mol. The Balaban J connectivity index is 2.08. The second kappa shape index (κ2) is 4.45. The molecule has 4 nitrogen and oxygen atoms in total. The Morgan fingerprint density at radius 3 is 2.81 bits per heavy atom. The lowest BCUT2D eigenvalue weighted by atomic mass is 9.89. The van der Waals surface area contributed by atoms with Crippen molar-refractivity contribution in [3.8, 4) is 0 Å². The molecule has 2 saturated heterocycles. The highest BCUT2D eigenvalue weighted by atomic mass is 16.6. The number of piperidine rings is 1. The van der Waals surface area contributed by atoms with Crippen LogP contribution in [0.3, 0.4) is 0 Å². The summed E-state index contributed by atoms with van der Waals surface area (Å²) in [7, 11) is 0. The van der Waals surface area contributed by atoms with Crippen molar-refractivity contribution < 1.29 is 9.53 Å². The van der Waals surface area contributed by atoms with Gasteiger partial charge in [0.1, 0.15) is 0 Å². The molecule has 90 valence electrons. The first-order valence-corrected chi connectivity index (χ1v) is 6.10. The number of amides is 1. The van der Waals surface area contributed by atoms with Crippen LogP contribution in [0.25, 0.3) is 0 Å². The third-order valence-electron chi connectivity index (χ3n) is 3.50. The molecule has 1 N–H and O–H groups in total. The maximum atomic E-state index is 11.8. The molecule has 2 aliphatic rings. The second-order valence-corrected chi connectivity index (χ2v) is 4.56. The zero-order chi connectivity index (χ0) is 11.6. The Labute approximate surface area is 96.6 Å². The van der Waals surface area contributed by atoms with E-state index in [4.69, 9.17) is 4.74 Å². The summed E-state index contributed by atoms with van der Waals surface area (Å²) in [5, 5.41) is 3.28. The van der Waals surface area contributed by atoms with Gasteiger partial charge in [0, 0.05) is 19.4 Å². The summed E-state index contributed by atoms with van der Waals surface area (Å²) in [6.07, 6.45) is 3.56. The Hall–Kier alpha value is -1.03. The maximum absolute atomic E-state index is 11.8. The summed E-state index contributed by atoms with van der Waals surface area (Å²) in [4.78, 5) is 13.5. The molecule has 2 fully saturated rings. The number of nitrogens with one attached hydrogen (secondary N) is 1. The van der Waals surface area contributed by atoms with Gasteiger partial charge < -0.3 is 10.1 Å². The van der Waals surface area contributed by atoms with Gasteiger partial charge in [0.25, 0.3) is 0 Å². The number of carbonyl (C=O) groups is 1. The lowest BCUT2D eigenvalue weighted by Crippen LogP contribution is -2.43. The molecule has 0 aliphatic carbocycles. The Bertz CT molecular complexity index is 295. The molecule has 0 aromatic carbocycles. The summed E-state index contributed by atoms with van der Waals surface area (Å²) in [5.41, 5.74) is 0.461. The number of ether oxygens (including phenoxy) is 1. The minimum Gasteiger partial charge on any atom is -0.436 e. The molecule has 0 aromatic heterocycles. The largest absolute Gasteiger partial charge is 0.436 e. The Morgan fingerprint density at radius 1 is 1.50 bits per heavy atom. The fraction of sp³-hybridized carbons (Fsp3) is 0.750. The SMILES string of the molecule is C=C1N(CCCC)C(=O)OC12CCNCC2. The van der Waals surface area contributed by atoms with Crippen LogP contribution in [0.15, 0.2) is 12.3 Å². The second-order valence-electron chi connectivity index (χ2n) is 4.56. The van der Waals surface area contributed by atoms with Gasteiger partial charge in [-0.25, -0.2) is 4.79 Å². The molecule has 0 unspecified atom stereocenters. The highest BCUT2D eigenvalue weighted by Crippen LogP contribution is 2.38. The van der Waals surface area contributed by atoms with Gasteiger partial charge in [0.05, 0.1) is 5.70 Å². The quantitative estimate of drug-likeness (QED) is 0.795. The molecule has 0 saturated carbocycles. The first-order valence-electron chi connectivity index (χ1n) is 6.10. The van der Waals surface area contributed by atoms with Gasteiger partial charge in [-0.15, -0.1) is 0 Å². The number of unbranched alkanes of at least 4 members (excludes halogenated alkanes) is 1. The van der Waals surface area contributed by atoms with Crippen molar-refractivity contribution in [2.75, 3.05) is 19.6 Å². The summed E-state index contributed by atoms with van der Waals surface area (Å²) in [5.74, 6) is 0.